The van der Waals surface area contributed by atoms with Gasteiger partial charge >= 0.3 is 74.4 Å². The van der Waals surface area contributed by atoms with Gasteiger partial charge in [-0.3, -0.25) is 31.1 Å². The second-order valence-electron chi connectivity index (χ2n) is 9.45. The number of hydrogen-bond donors (Lipinski definition) is 1. The first-order valence-electron chi connectivity index (χ1n) is 19.9. The van der Waals surface area contributed by atoms with Crippen LogP contribution in [0.25, 0.3) is 0 Å². The summed E-state index contributed by atoms with van der Waals surface area (Å²) >= 11 is 0. The van der Waals surface area contributed by atoms with Crippen LogP contribution >= 0.6 is 0 Å². The number of hydrogen-bond acceptors (Lipinski definition) is 13. The highest BCUT2D eigenvalue weighted by Gasteiger charge is 2.65. The molecule has 6 saturated heterocycles. The van der Waals surface area contributed by atoms with Crippen molar-refractivity contribution < 1.29 is 85.5 Å². The molecule has 0 aromatic heterocycles. The molecule has 0 aromatic carbocycles. The van der Waals surface area contributed by atoms with Crippen molar-refractivity contribution in [2.45, 2.75) is 106 Å². The normalized spacial score (nSPS) is 41.0. The Bertz CT molecular complexity index is 927. The average molecular weight is 917 g/mol. The van der Waals surface area contributed by atoms with Gasteiger partial charge in [0.2, 0.25) is 0 Å². The van der Waals surface area contributed by atoms with Crippen molar-refractivity contribution in [3.63, 3.8) is 0 Å². The highest BCUT2D eigenvalue weighted by molar-refractivity contribution is 6.89. The van der Waals surface area contributed by atoms with Crippen molar-refractivity contribution in [3.05, 3.63) is 0 Å². The van der Waals surface area contributed by atoms with E-state index in [0.29, 0.717) is 44.9 Å². The molecule has 0 aromatic rings. The lowest BCUT2D eigenvalue weighted by Crippen LogP contribution is -2.75. The zero-order valence-electron chi connectivity index (χ0n) is 37.3. The Balaban J connectivity index is -0.000000955. The summed E-state index contributed by atoms with van der Waals surface area (Å²) in [5.74, 6) is 0. The molecule has 0 amide bonds. The minimum absolute atomic E-state index is 0.0541. The molecule has 6 aliphatic rings. The third-order valence-corrected chi connectivity index (χ3v) is 26.0. The van der Waals surface area contributed by atoms with Crippen LogP contribution in [0.3, 0.4) is 0 Å². The van der Waals surface area contributed by atoms with Gasteiger partial charge < -0.3 is 54.5 Å². The molecule has 51 heavy (non-hydrogen) atoms. The minimum atomic E-state index is -4.95. The molecule has 6 fully saturated rings. The first kappa shape index (κ1) is 42.9. The number of rotatable bonds is 10. The van der Waals surface area contributed by atoms with E-state index >= 15 is 0 Å². The summed E-state index contributed by atoms with van der Waals surface area (Å²) in [7, 11) is -38.1. The second kappa shape index (κ2) is 36.4. The first-order chi connectivity index (χ1) is 27.1. The molecule has 8 bridgehead atoms. The van der Waals surface area contributed by atoms with Gasteiger partial charge in [0.05, 0.1) is 40.0 Å². The molecule has 4 atom stereocenters. The predicted molar refractivity (Wildman–Crippen MR) is 195 cm³/mol. The molecule has 0 aliphatic carbocycles. The third kappa shape index (κ3) is 25.5. The Hall–Kier alpha value is 0.725. The molecule has 312 valence electrons. The summed E-state index contributed by atoms with van der Waals surface area (Å²) in [4.78, 5) is 0. The molecular weight excluding hydrogens is 842 g/mol. The van der Waals surface area contributed by atoms with Gasteiger partial charge in [-0.15, -0.1) is 0 Å². The van der Waals surface area contributed by atoms with Crippen LogP contribution in [-0.4, -0.2) is 135 Å². The lowest BCUT2D eigenvalue weighted by atomic mass is 10.6. The van der Waals surface area contributed by atoms with Crippen LogP contribution in [0.15, 0.2) is 0 Å². The summed E-state index contributed by atoms with van der Waals surface area (Å²) in [5.41, 5.74) is 0. The van der Waals surface area contributed by atoms with E-state index in [-0.39, 0.29) is 46.1 Å². The van der Waals surface area contributed by atoms with E-state index in [4.69, 9.17) is 61.5 Å². The van der Waals surface area contributed by atoms with E-state index in [1.807, 2.05) is 0 Å². The molecular formula is C23H61F7O13Si8. The van der Waals surface area contributed by atoms with Crippen LogP contribution in [0.2, 0.25) is 12.1 Å². The maximum atomic E-state index is 10.7. The topological polar surface area (TPSA) is 131 Å². The second-order valence-corrected chi connectivity index (χ2v) is 26.0. The van der Waals surface area contributed by atoms with E-state index in [0.717, 1.165) is 0 Å². The zero-order valence-corrected chi connectivity index (χ0v) is 38.3. The van der Waals surface area contributed by atoms with Crippen LogP contribution in [0.5, 0.6) is 0 Å². The average Bonchev–Trinajstić information content (AvgIpc) is 3.12. The van der Waals surface area contributed by atoms with Gasteiger partial charge in [-0.25, -0.2) is 0 Å². The molecule has 0 spiro atoms. The number of halogens is 7. The fraction of sp³-hybridized carbons (Fsp3) is 1.00. The van der Waals surface area contributed by atoms with Crippen LogP contribution in [0.1, 0.15) is 93.4 Å². The summed E-state index contributed by atoms with van der Waals surface area (Å²) in [6, 6.07) is -0.503. The van der Waals surface area contributed by atoms with Gasteiger partial charge in [-0.1, -0.05) is 54.9 Å². The van der Waals surface area contributed by atoms with Gasteiger partial charge in [0.15, 0.2) is 0 Å². The van der Waals surface area contributed by atoms with E-state index in [1.54, 1.807) is 48.5 Å². The predicted octanol–water partition coefficient (Wildman–Crippen LogP) is 4.18. The number of aliphatic hydroxyl groups is 1. The van der Waals surface area contributed by atoms with E-state index in [1.165, 1.54) is 0 Å². The fourth-order valence-corrected chi connectivity index (χ4v) is 28.1. The molecule has 6 aliphatic heterocycles. The Kier molecular flexibility index (Phi) is 30.6. The van der Waals surface area contributed by atoms with E-state index < -0.39 is 87.0 Å². The van der Waals surface area contributed by atoms with Crippen molar-refractivity contribution in [1.29, 1.82) is 8.86 Å². The quantitative estimate of drug-likeness (QED) is 0.249. The molecule has 13 nitrogen and oxygen atoms in total. The summed E-state index contributed by atoms with van der Waals surface area (Å²) in [5, 5.41) is 9.63. The van der Waals surface area contributed by atoms with Crippen LogP contribution in [-0.2, 0) is 49.4 Å². The van der Waals surface area contributed by atoms with E-state index in [2.05, 4.69) is 1.45 Å². The third-order valence-electron chi connectivity index (χ3n) is 4.54. The Morgan fingerprint density at radius 1 is 0.431 bits per heavy atom. The smallest absolute Gasteiger partial charge is 0.396 e. The summed E-state index contributed by atoms with van der Waals surface area (Å²) in [6.45, 7) is 10.8. The van der Waals surface area contributed by atoms with Crippen molar-refractivity contribution >= 4 is 74.4 Å². The Morgan fingerprint density at radius 3 is 0.863 bits per heavy atom. The number of aliphatic hydroxyl groups excluding tert-OH is 1. The van der Waals surface area contributed by atoms with Crippen LogP contribution in [0.4, 0.5) is 31.1 Å². The van der Waals surface area contributed by atoms with Gasteiger partial charge in [0.25, 0.3) is 1.45 Å². The SMILES string of the molecule is CCCF.CCCF.CCCF.CCCF.CCCF.CCCF.[3H]F.[3H][Si]12O[Si]3([3H])O[Si]4([3H])O[Si]([3H])(O1)O[Si]1(CCO)O[Si]([3H])(O2)O[Si](CCC)(O3)O[Si]([3H])(O4)O1. The maximum Gasteiger partial charge on any atom is 0.480 e. The van der Waals surface area contributed by atoms with Crippen molar-refractivity contribution in [2.75, 3.05) is 46.7 Å². The highest BCUT2D eigenvalue weighted by Crippen LogP contribution is 2.36. The van der Waals surface area contributed by atoms with Gasteiger partial charge in [-0.05, 0) is 38.5 Å². The molecule has 1 N–H and O–H groups in total. The maximum absolute atomic E-state index is 10.7. The van der Waals surface area contributed by atoms with Gasteiger partial charge in [0.1, 0.15) is 7.41 Å². The van der Waals surface area contributed by atoms with Crippen LogP contribution in [0, 0.1) is 0 Å². The van der Waals surface area contributed by atoms with Crippen LogP contribution < -0.4 is 0 Å². The molecule has 6 rings (SSSR count). The summed E-state index contributed by atoms with van der Waals surface area (Å²) in [6.07, 6.45) is 4.25. The monoisotopic (exact) mass is 916 g/mol. The zero-order chi connectivity index (χ0) is 45.8. The van der Waals surface area contributed by atoms with Crippen molar-refractivity contribution in [2.24, 2.45) is 0 Å². The minimum Gasteiger partial charge on any atom is -0.396 e. The van der Waals surface area contributed by atoms with Gasteiger partial charge in [0, 0.05) is 18.7 Å². The van der Waals surface area contributed by atoms with Crippen molar-refractivity contribution in [3.8, 4) is 0 Å². The van der Waals surface area contributed by atoms with Crippen molar-refractivity contribution in [1.82, 2.24) is 0 Å². The molecule has 0 radical (unpaired) electrons. The number of alkyl halides is 6. The molecule has 0 saturated carbocycles. The largest absolute Gasteiger partial charge is 0.480 e. The van der Waals surface area contributed by atoms with Gasteiger partial charge in [-0.2, -0.15) is 0 Å². The summed E-state index contributed by atoms with van der Waals surface area (Å²) < 4.78 is 196. The highest BCUT2D eigenvalue weighted by atomic mass is 28.6. The Morgan fingerprint density at radius 2 is 0.647 bits per heavy atom. The van der Waals surface area contributed by atoms with E-state index in [9.17, 15) is 31.4 Å². The first-order valence-corrected chi connectivity index (χ1v) is 27.7. The molecule has 4 unspecified atom stereocenters. The standard InChI is InChI=1S/C5H18O13Si8.6C3H7F.FH/c1-2-4-25-13-21-7-19-9-22-10-20(8-21)12-24(16-25)18-26(14-22,5-3-6)17-23(11-19)15-25;6*1-2-3-4;/h6,19-24H,2-5H2,1H3;6*2-3H2,1H3;1H/i19T,20T,21T,22T,23T,24T;;;;;;;/hT. The lowest BCUT2D eigenvalue weighted by molar-refractivity contribution is 0.0201. The fourth-order valence-electron chi connectivity index (χ4n) is 2.42. The molecule has 28 heteroatoms. The Labute approximate surface area is 320 Å². The lowest BCUT2D eigenvalue weighted by Gasteiger charge is -2.50. The molecule has 6 heterocycles.